The Morgan fingerprint density at radius 2 is 2.04 bits per heavy atom. The molecule has 3 rings (SSSR count). The largest absolute Gasteiger partial charge is 0.480 e. The van der Waals surface area contributed by atoms with Crippen LogP contribution in [-0.2, 0) is 11.2 Å². The average Bonchev–Trinajstić information content (AvgIpc) is 3.05. The zero-order chi connectivity index (χ0) is 18.5. The molecule has 1 aliphatic carbocycles. The number of likely N-dealkylation sites (N-methyl/N-ethyl adjacent to an activating group) is 1. The first-order chi connectivity index (χ1) is 12.5. The number of amides is 1. The number of carboxylic acid groups (broad SMARTS) is 1. The molecule has 1 aromatic heterocycles. The number of benzene rings is 1. The standard InChI is InChI=1S/C19H23N3O3S/c1-2-22(11-18(23)24)15-9-14(10-15)20-19(25)16-12-26-17(21-16)8-13-6-4-3-5-7-13/h3-7,12,14-15H,2,8-11H2,1H3,(H,20,25)(H,23,24). The van der Waals surface area contributed by atoms with Crippen LogP contribution in [0.25, 0.3) is 0 Å². The Hall–Kier alpha value is -2.25. The summed E-state index contributed by atoms with van der Waals surface area (Å²) in [6, 6.07) is 10.4. The summed E-state index contributed by atoms with van der Waals surface area (Å²) in [6.07, 6.45) is 2.30. The lowest BCUT2D eigenvalue weighted by Gasteiger charge is -2.42. The molecule has 1 fully saturated rings. The maximum atomic E-state index is 12.4. The molecular formula is C19H23N3O3S. The predicted molar refractivity (Wildman–Crippen MR) is 101 cm³/mol. The van der Waals surface area contributed by atoms with Gasteiger partial charge < -0.3 is 10.4 Å². The van der Waals surface area contributed by atoms with Crippen LogP contribution in [0.5, 0.6) is 0 Å². The van der Waals surface area contributed by atoms with Gasteiger partial charge >= 0.3 is 5.97 Å². The van der Waals surface area contributed by atoms with E-state index in [4.69, 9.17) is 5.11 Å². The van der Waals surface area contributed by atoms with Crippen LogP contribution in [0.4, 0.5) is 0 Å². The van der Waals surface area contributed by atoms with E-state index in [-0.39, 0.29) is 24.5 Å². The van der Waals surface area contributed by atoms with Crippen molar-refractivity contribution in [3.8, 4) is 0 Å². The van der Waals surface area contributed by atoms with Crippen molar-refractivity contribution in [1.29, 1.82) is 0 Å². The Balaban J connectivity index is 1.48. The summed E-state index contributed by atoms with van der Waals surface area (Å²) in [7, 11) is 0. The molecule has 6 nitrogen and oxygen atoms in total. The second-order valence-corrected chi connectivity index (χ2v) is 7.48. The highest BCUT2D eigenvalue weighted by atomic mass is 32.1. The molecule has 2 aromatic rings. The summed E-state index contributed by atoms with van der Waals surface area (Å²) in [5, 5.41) is 14.7. The monoisotopic (exact) mass is 373 g/mol. The van der Waals surface area contributed by atoms with E-state index in [1.165, 1.54) is 16.9 Å². The number of carbonyl (C=O) groups is 2. The van der Waals surface area contributed by atoms with Gasteiger partial charge in [0.2, 0.25) is 0 Å². The van der Waals surface area contributed by atoms with Crippen molar-refractivity contribution >= 4 is 23.2 Å². The van der Waals surface area contributed by atoms with Crippen LogP contribution in [0.3, 0.4) is 0 Å². The SMILES string of the molecule is CCN(CC(=O)O)C1CC(NC(=O)c2csc(Cc3ccccc3)n2)C1. The number of hydrogen-bond acceptors (Lipinski definition) is 5. The maximum absolute atomic E-state index is 12.4. The number of nitrogens with zero attached hydrogens (tertiary/aromatic N) is 2. The topological polar surface area (TPSA) is 82.5 Å². The van der Waals surface area contributed by atoms with Gasteiger partial charge in [-0.25, -0.2) is 4.98 Å². The van der Waals surface area contributed by atoms with Crippen molar-refractivity contribution in [2.45, 2.75) is 38.3 Å². The fourth-order valence-electron chi connectivity index (χ4n) is 3.20. The minimum absolute atomic E-state index is 0.0523. The molecule has 1 aromatic carbocycles. The highest BCUT2D eigenvalue weighted by Crippen LogP contribution is 2.26. The first-order valence-corrected chi connectivity index (χ1v) is 9.68. The molecule has 138 valence electrons. The second kappa shape index (κ2) is 8.42. The third-order valence-electron chi connectivity index (χ3n) is 4.69. The predicted octanol–water partition coefficient (Wildman–Crippen LogP) is 2.40. The zero-order valence-electron chi connectivity index (χ0n) is 14.7. The number of carbonyl (C=O) groups excluding carboxylic acids is 1. The molecule has 0 aliphatic heterocycles. The molecule has 1 amide bonds. The van der Waals surface area contributed by atoms with Crippen LogP contribution in [0, 0.1) is 0 Å². The van der Waals surface area contributed by atoms with Crippen molar-refractivity contribution in [3.63, 3.8) is 0 Å². The van der Waals surface area contributed by atoms with Crippen molar-refractivity contribution in [3.05, 3.63) is 52.0 Å². The van der Waals surface area contributed by atoms with Gasteiger partial charge in [0, 0.05) is 23.9 Å². The van der Waals surface area contributed by atoms with Crippen LogP contribution >= 0.6 is 11.3 Å². The van der Waals surface area contributed by atoms with E-state index in [0.717, 1.165) is 24.3 Å². The normalized spacial score (nSPS) is 19.2. The van der Waals surface area contributed by atoms with Gasteiger partial charge in [0.1, 0.15) is 5.69 Å². The smallest absolute Gasteiger partial charge is 0.317 e. The molecule has 1 saturated carbocycles. The molecule has 1 aliphatic rings. The summed E-state index contributed by atoms with van der Waals surface area (Å²) in [4.78, 5) is 29.6. The van der Waals surface area contributed by atoms with Crippen molar-refractivity contribution < 1.29 is 14.7 Å². The van der Waals surface area contributed by atoms with Crippen LogP contribution < -0.4 is 5.32 Å². The summed E-state index contributed by atoms with van der Waals surface area (Å²) in [6.45, 7) is 2.71. The minimum atomic E-state index is -0.812. The lowest BCUT2D eigenvalue weighted by Crippen LogP contribution is -2.54. The lowest BCUT2D eigenvalue weighted by atomic mass is 9.85. The second-order valence-electron chi connectivity index (χ2n) is 6.54. The molecule has 0 unspecified atom stereocenters. The Bertz CT molecular complexity index is 756. The van der Waals surface area contributed by atoms with Crippen molar-refractivity contribution in [2.75, 3.05) is 13.1 Å². The first kappa shape index (κ1) is 18.5. The minimum Gasteiger partial charge on any atom is -0.480 e. The Labute approximate surface area is 156 Å². The van der Waals surface area contributed by atoms with Gasteiger partial charge in [0.05, 0.1) is 11.6 Å². The van der Waals surface area contributed by atoms with E-state index in [2.05, 4.69) is 10.3 Å². The van der Waals surface area contributed by atoms with Gasteiger partial charge in [-0.1, -0.05) is 37.3 Å². The lowest BCUT2D eigenvalue weighted by molar-refractivity contribution is -0.139. The molecule has 1 heterocycles. The van der Waals surface area contributed by atoms with Gasteiger partial charge in [-0.2, -0.15) is 0 Å². The number of carboxylic acids is 1. The number of rotatable bonds is 8. The number of aromatic nitrogens is 1. The highest BCUT2D eigenvalue weighted by molar-refractivity contribution is 7.09. The van der Waals surface area contributed by atoms with Crippen LogP contribution in [0.15, 0.2) is 35.7 Å². The molecule has 0 radical (unpaired) electrons. The van der Waals surface area contributed by atoms with Crippen LogP contribution in [0.1, 0.15) is 40.8 Å². The molecule has 7 heteroatoms. The van der Waals surface area contributed by atoms with Crippen molar-refractivity contribution in [1.82, 2.24) is 15.2 Å². The molecule has 26 heavy (non-hydrogen) atoms. The third-order valence-corrected chi connectivity index (χ3v) is 5.54. The molecule has 2 N–H and O–H groups in total. The number of thiazole rings is 1. The Morgan fingerprint density at radius 3 is 2.69 bits per heavy atom. The van der Waals surface area contributed by atoms with Gasteiger partial charge in [0.25, 0.3) is 5.91 Å². The van der Waals surface area contributed by atoms with E-state index in [0.29, 0.717) is 12.2 Å². The number of nitrogens with one attached hydrogen (secondary N) is 1. The summed E-state index contributed by atoms with van der Waals surface area (Å²) >= 11 is 1.50. The summed E-state index contributed by atoms with van der Waals surface area (Å²) < 4.78 is 0. The maximum Gasteiger partial charge on any atom is 0.317 e. The zero-order valence-corrected chi connectivity index (χ0v) is 15.5. The Kier molecular flexibility index (Phi) is 6.00. The van der Waals surface area contributed by atoms with E-state index in [1.807, 2.05) is 42.2 Å². The molecule has 0 atom stereocenters. The van der Waals surface area contributed by atoms with Gasteiger partial charge in [0.15, 0.2) is 0 Å². The van der Waals surface area contributed by atoms with E-state index >= 15 is 0 Å². The van der Waals surface area contributed by atoms with Crippen LogP contribution in [0.2, 0.25) is 0 Å². The third kappa shape index (κ3) is 4.68. The van der Waals surface area contributed by atoms with E-state index in [9.17, 15) is 9.59 Å². The Morgan fingerprint density at radius 1 is 1.31 bits per heavy atom. The molecular weight excluding hydrogens is 350 g/mol. The van der Waals surface area contributed by atoms with E-state index in [1.54, 1.807) is 5.38 Å². The van der Waals surface area contributed by atoms with Gasteiger partial charge in [-0.15, -0.1) is 11.3 Å². The van der Waals surface area contributed by atoms with Crippen molar-refractivity contribution in [2.24, 2.45) is 0 Å². The van der Waals surface area contributed by atoms with Gasteiger partial charge in [-0.05, 0) is 24.9 Å². The molecule has 0 spiro atoms. The van der Waals surface area contributed by atoms with E-state index < -0.39 is 5.97 Å². The molecule has 0 saturated heterocycles. The highest BCUT2D eigenvalue weighted by Gasteiger charge is 2.35. The quantitative estimate of drug-likeness (QED) is 0.742. The molecule has 0 bridgehead atoms. The number of hydrogen-bond donors (Lipinski definition) is 2. The first-order valence-electron chi connectivity index (χ1n) is 8.80. The average molecular weight is 373 g/mol. The fourth-order valence-corrected chi connectivity index (χ4v) is 4.01. The summed E-state index contributed by atoms with van der Waals surface area (Å²) in [5.74, 6) is -0.960. The fraction of sp³-hybridized carbons (Fsp3) is 0.421. The summed E-state index contributed by atoms with van der Waals surface area (Å²) in [5.41, 5.74) is 1.64. The van der Waals surface area contributed by atoms with Gasteiger partial charge in [-0.3, -0.25) is 14.5 Å². The van der Waals surface area contributed by atoms with Crippen LogP contribution in [-0.4, -0.2) is 52.0 Å². The number of aliphatic carboxylic acids is 1.